The predicted molar refractivity (Wildman–Crippen MR) is 66.9 cm³/mol. The first-order valence-electron chi connectivity index (χ1n) is 6.57. The molecule has 1 atom stereocenters. The molecule has 0 radical (unpaired) electrons. The van der Waals surface area contributed by atoms with E-state index < -0.39 is 0 Å². The third-order valence-electron chi connectivity index (χ3n) is 4.44. The molecule has 3 N–H and O–H groups in total. The molecule has 1 saturated carbocycles. The first-order chi connectivity index (χ1) is 8.03. The van der Waals surface area contributed by atoms with Gasteiger partial charge in [-0.1, -0.05) is 32.6 Å². The number of aliphatic hydroxyl groups excluding tert-OH is 1. The summed E-state index contributed by atoms with van der Waals surface area (Å²) in [7, 11) is 0. The van der Waals surface area contributed by atoms with Gasteiger partial charge in [-0.3, -0.25) is 0 Å². The summed E-state index contributed by atoms with van der Waals surface area (Å²) < 4.78 is 13.6. The van der Waals surface area contributed by atoms with Gasteiger partial charge in [0.15, 0.2) is 0 Å². The van der Waals surface area contributed by atoms with E-state index in [0.717, 1.165) is 12.8 Å². The summed E-state index contributed by atoms with van der Waals surface area (Å²) in [6.45, 7) is 2.18. The Morgan fingerprint density at radius 2 is 1.88 bits per heavy atom. The highest BCUT2D eigenvalue weighted by Gasteiger charge is 2.39. The SMILES string of the molecule is CC1(C2CC(F)=C(N)C=C2O)CCCCCC1. The fraction of sp³-hybridized carbons (Fsp3) is 0.714. The quantitative estimate of drug-likeness (QED) is 0.681. The summed E-state index contributed by atoms with van der Waals surface area (Å²) in [5.74, 6) is -0.0838. The molecule has 0 bridgehead atoms. The second-order valence-corrected chi connectivity index (χ2v) is 5.75. The Labute approximate surface area is 102 Å². The van der Waals surface area contributed by atoms with Crippen LogP contribution in [0.3, 0.4) is 0 Å². The zero-order chi connectivity index (χ0) is 12.5. The summed E-state index contributed by atoms with van der Waals surface area (Å²) in [5.41, 5.74) is 5.62. The minimum absolute atomic E-state index is 0.0229. The molecule has 2 nitrogen and oxygen atoms in total. The van der Waals surface area contributed by atoms with E-state index in [1.54, 1.807) is 0 Å². The van der Waals surface area contributed by atoms with Crippen LogP contribution < -0.4 is 5.73 Å². The highest BCUT2D eigenvalue weighted by molar-refractivity contribution is 5.28. The molecule has 2 rings (SSSR count). The molecule has 0 aromatic carbocycles. The van der Waals surface area contributed by atoms with Crippen molar-refractivity contribution in [2.75, 3.05) is 0 Å². The normalized spacial score (nSPS) is 29.8. The molecule has 0 aromatic rings. The van der Waals surface area contributed by atoms with Crippen molar-refractivity contribution in [2.45, 2.75) is 51.9 Å². The highest BCUT2D eigenvalue weighted by atomic mass is 19.1. The molecular formula is C14H22FNO. The fourth-order valence-corrected chi connectivity index (χ4v) is 3.23. The van der Waals surface area contributed by atoms with Crippen LogP contribution in [0.2, 0.25) is 0 Å². The van der Waals surface area contributed by atoms with Gasteiger partial charge >= 0.3 is 0 Å². The van der Waals surface area contributed by atoms with Gasteiger partial charge in [-0.2, -0.15) is 0 Å². The molecule has 96 valence electrons. The topological polar surface area (TPSA) is 46.2 Å². The number of allylic oxidation sites excluding steroid dienone is 3. The Hall–Kier alpha value is -0.990. The summed E-state index contributed by atoms with van der Waals surface area (Å²) in [5, 5.41) is 10.0. The van der Waals surface area contributed by atoms with Crippen LogP contribution in [0.5, 0.6) is 0 Å². The van der Waals surface area contributed by atoms with E-state index in [0.29, 0.717) is 0 Å². The molecule has 0 spiro atoms. The average Bonchev–Trinajstić information content (AvgIpc) is 2.49. The van der Waals surface area contributed by atoms with Crippen LogP contribution in [-0.2, 0) is 0 Å². The maximum atomic E-state index is 13.6. The van der Waals surface area contributed by atoms with E-state index in [-0.39, 0.29) is 35.0 Å². The molecule has 0 amide bonds. The number of aliphatic hydroxyl groups is 1. The first kappa shape index (κ1) is 12.5. The van der Waals surface area contributed by atoms with Crippen LogP contribution in [0.25, 0.3) is 0 Å². The Bertz CT molecular complexity index is 351. The van der Waals surface area contributed by atoms with E-state index in [4.69, 9.17) is 5.73 Å². The smallest absolute Gasteiger partial charge is 0.124 e. The second kappa shape index (κ2) is 4.71. The molecule has 1 fully saturated rings. The maximum Gasteiger partial charge on any atom is 0.124 e. The highest BCUT2D eigenvalue weighted by Crippen LogP contribution is 2.47. The first-order valence-corrected chi connectivity index (χ1v) is 6.57. The summed E-state index contributed by atoms with van der Waals surface area (Å²) in [4.78, 5) is 0. The molecule has 2 aliphatic rings. The van der Waals surface area contributed by atoms with E-state index in [2.05, 4.69) is 6.92 Å². The molecule has 0 saturated heterocycles. The van der Waals surface area contributed by atoms with Gasteiger partial charge in [0.25, 0.3) is 0 Å². The van der Waals surface area contributed by atoms with Crippen molar-refractivity contribution in [1.29, 1.82) is 0 Å². The number of hydrogen-bond acceptors (Lipinski definition) is 2. The largest absolute Gasteiger partial charge is 0.512 e. The van der Waals surface area contributed by atoms with Crippen LogP contribution in [-0.4, -0.2) is 5.11 Å². The van der Waals surface area contributed by atoms with Crippen LogP contribution in [0.1, 0.15) is 51.9 Å². The second-order valence-electron chi connectivity index (χ2n) is 5.75. The van der Waals surface area contributed by atoms with Crippen LogP contribution in [0, 0.1) is 11.3 Å². The standard InChI is InChI=1S/C14H22FNO/c1-14(6-4-2-3-5-7-14)10-8-11(15)12(16)9-13(10)17/h9-10,17H,2-8,16H2,1H3. The van der Waals surface area contributed by atoms with Crippen LogP contribution in [0.15, 0.2) is 23.4 Å². The van der Waals surface area contributed by atoms with Gasteiger partial charge < -0.3 is 10.8 Å². The summed E-state index contributed by atoms with van der Waals surface area (Å²) >= 11 is 0. The fourth-order valence-electron chi connectivity index (χ4n) is 3.23. The lowest BCUT2D eigenvalue weighted by Crippen LogP contribution is -2.31. The van der Waals surface area contributed by atoms with Gasteiger partial charge in [-0.15, -0.1) is 0 Å². The third-order valence-corrected chi connectivity index (χ3v) is 4.44. The third kappa shape index (κ3) is 2.48. The van der Waals surface area contributed by atoms with Crippen molar-refractivity contribution in [2.24, 2.45) is 17.1 Å². The lowest BCUT2D eigenvalue weighted by molar-refractivity contribution is 0.129. The lowest BCUT2D eigenvalue weighted by atomic mass is 9.68. The van der Waals surface area contributed by atoms with Gasteiger partial charge in [-0.25, -0.2) is 4.39 Å². The van der Waals surface area contributed by atoms with E-state index in [9.17, 15) is 9.50 Å². The van der Waals surface area contributed by atoms with Crippen molar-refractivity contribution < 1.29 is 9.50 Å². The van der Waals surface area contributed by atoms with Crippen molar-refractivity contribution in [3.05, 3.63) is 23.4 Å². The van der Waals surface area contributed by atoms with Gasteiger partial charge in [0.1, 0.15) is 5.83 Å². The molecule has 17 heavy (non-hydrogen) atoms. The Morgan fingerprint density at radius 1 is 1.29 bits per heavy atom. The van der Waals surface area contributed by atoms with Gasteiger partial charge in [0, 0.05) is 18.4 Å². The Morgan fingerprint density at radius 3 is 2.47 bits per heavy atom. The minimum Gasteiger partial charge on any atom is -0.512 e. The van der Waals surface area contributed by atoms with Crippen LogP contribution in [0.4, 0.5) is 4.39 Å². The summed E-state index contributed by atoms with van der Waals surface area (Å²) in [6.07, 6.45) is 8.69. The van der Waals surface area contributed by atoms with Crippen molar-refractivity contribution >= 4 is 0 Å². The molecule has 0 aliphatic heterocycles. The molecule has 0 heterocycles. The van der Waals surface area contributed by atoms with E-state index >= 15 is 0 Å². The monoisotopic (exact) mass is 239 g/mol. The molecule has 0 aromatic heterocycles. The minimum atomic E-state index is -0.265. The maximum absolute atomic E-state index is 13.6. The molecular weight excluding hydrogens is 217 g/mol. The lowest BCUT2D eigenvalue weighted by Gasteiger charge is -2.38. The Balaban J connectivity index is 2.20. The Kier molecular flexibility index (Phi) is 3.45. The number of halogens is 1. The zero-order valence-corrected chi connectivity index (χ0v) is 10.5. The van der Waals surface area contributed by atoms with Gasteiger partial charge in [-0.05, 0) is 18.3 Å². The molecule has 1 unspecified atom stereocenters. The van der Waals surface area contributed by atoms with Crippen molar-refractivity contribution in [3.8, 4) is 0 Å². The molecule has 3 heteroatoms. The number of rotatable bonds is 1. The number of hydrogen-bond donors (Lipinski definition) is 2. The van der Waals surface area contributed by atoms with E-state index in [1.807, 2.05) is 0 Å². The number of nitrogens with two attached hydrogens (primary N) is 1. The van der Waals surface area contributed by atoms with Gasteiger partial charge in [0.2, 0.25) is 0 Å². The zero-order valence-electron chi connectivity index (χ0n) is 10.5. The average molecular weight is 239 g/mol. The van der Waals surface area contributed by atoms with Crippen molar-refractivity contribution in [1.82, 2.24) is 0 Å². The summed E-state index contributed by atoms with van der Waals surface area (Å²) in [6, 6.07) is 0. The van der Waals surface area contributed by atoms with Crippen molar-refractivity contribution in [3.63, 3.8) is 0 Å². The van der Waals surface area contributed by atoms with E-state index in [1.165, 1.54) is 31.8 Å². The van der Waals surface area contributed by atoms with Gasteiger partial charge in [0.05, 0.1) is 11.5 Å². The van der Waals surface area contributed by atoms with Crippen LogP contribution >= 0.6 is 0 Å². The molecule has 2 aliphatic carbocycles. The predicted octanol–water partition coefficient (Wildman–Crippen LogP) is 3.95.